The second-order valence-corrected chi connectivity index (χ2v) is 4.21. The van der Waals surface area contributed by atoms with Gasteiger partial charge in [-0.15, -0.1) is 0 Å². The van der Waals surface area contributed by atoms with Crippen molar-refractivity contribution in [3.05, 3.63) is 6.92 Å². The van der Waals surface area contributed by atoms with E-state index in [0.717, 1.165) is 5.92 Å². The molecule has 0 bridgehead atoms. The first-order valence-electron chi connectivity index (χ1n) is 6.14. The maximum atomic E-state index is 4.21. The maximum absolute atomic E-state index is 4.21. The lowest BCUT2D eigenvalue weighted by Gasteiger charge is -2.09. The molecule has 0 heterocycles. The molecule has 0 rings (SSSR count). The standard InChI is InChI=1S/C13H27/c1-4-6-8-10-12-13(3)11-9-7-5-2/h13H,3-12H2,1-2H3. The fourth-order valence-corrected chi connectivity index (χ4v) is 1.69. The lowest BCUT2D eigenvalue weighted by Crippen LogP contribution is -1.95. The molecule has 0 N–H and O–H groups in total. The van der Waals surface area contributed by atoms with Crippen LogP contribution in [0, 0.1) is 12.8 Å². The van der Waals surface area contributed by atoms with E-state index >= 15 is 0 Å². The van der Waals surface area contributed by atoms with E-state index in [1.807, 2.05) is 0 Å². The molecule has 0 amide bonds. The zero-order valence-corrected chi connectivity index (χ0v) is 9.65. The van der Waals surface area contributed by atoms with Gasteiger partial charge in [0.2, 0.25) is 0 Å². The monoisotopic (exact) mass is 183 g/mol. The van der Waals surface area contributed by atoms with Crippen LogP contribution in [0.5, 0.6) is 0 Å². The molecule has 1 unspecified atom stereocenters. The summed E-state index contributed by atoms with van der Waals surface area (Å²) in [6, 6.07) is 0. The van der Waals surface area contributed by atoms with Gasteiger partial charge in [0.15, 0.2) is 0 Å². The maximum Gasteiger partial charge on any atom is -0.0414 e. The molecule has 0 saturated carbocycles. The summed E-state index contributed by atoms with van der Waals surface area (Å²) in [4.78, 5) is 0. The van der Waals surface area contributed by atoms with Crippen molar-refractivity contribution in [2.24, 2.45) is 5.92 Å². The van der Waals surface area contributed by atoms with E-state index in [4.69, 9.17) is 0 Å². The van der Waals surface area contributed by atoms with Gasteiger partial charge >= 0.3 is 0 Å². The number of unbranched alkanes of at least 4 members (excludes halogenated alkanes) is 5. The van der Waals surface area contributed by atoms with Crippen LogP contribution < -0.4 is 0 Å². The van der Waals surface area contributed by atoms with E-state index in [0.29, 0.717) is 0 Å². The first kappa shape index (κ1) is 13.0. The van der Waals surface area contributed by atoms with Gasteiger partial charge in [0.05, 0.1) is 0 Å². The highest BCUT2D eigenvalue weighted by atomic mass is 14.1. The Bertz CT molecular complexity index is 86.0. The van der Waals surface area contributed by atoms with Gasteiger partial charge < -0.3 is 0 Å². The largest absolute Gasteiger partial charge is 0.0654 e. The van der Waals surface area contributed by atoms with Crippen molar-refractivity contribution in [1.29, 1.82) is 0 Å². The van der Waals surface area contributed by atoms with E-state index in [1.54, 1.807) is 0 Å². The first-order valence-corrected chi connectivity index (χ1v) is 6.14. The van der Waals surface area contributed by atoms with E-state index < -0.39 is 0 Å². The van der Waals surface area contributed by atoms with E-state index in [-0.39, 0.29) is 0 Å². The van der Waals surface area contributed by atoms with Crippen LogP contribution in [0.3, 0.4) is 0 Å². The minimum atomic E-state index is 0.725. The molecule has 79 valence electrons. The molecule has 0 heteroatoms. The van der Waals surface area contributed by atoms with Gasteiger partial charge in [-0.2, -0.15) is 0 Å². The van der Waals surface area contributed by atoms with Gasteiger partial charge in [-0.1, -0.05) is 78.6 Å². The van der Waals surface area contributed by atoms with Crippen molar-refractivity contribution in [3.63, 3.8) is 0 Å². The Morgan fingerprint density at radius 3 is 1.77 bits per heavy atom. The van der Waals surface area contributed by atoms with Gasteiger partial charge in [-0.25, -0.2) is 0 Å². The molecule has 0 aromatic carbocycles. The van der Waals surface area contributed by atoms with Gasteiger partial charge in [0, 0.05) is 0 Å². The quantitative estimate of drug-likeness (QED) is 0.442. The zero-order chi connectivity index (χ0) is 9.94. The lowest BCUT2D eigenvalue weighted by molar-refractivity contribution is 0.474. The average molecular weight is 183 g/mol. The predicted octanol–water partition coefficient (Wildman–Crippen LogP) is 4.99. The summed E-state index contributed by atoms with van der Waals surface area (Å²) in [6.45, 7) is 8.74. The summed E-state index contributed by atoms with van der Waals surface area (Å²) in [5.74, 6) is 0.725. The number of hydrogen-bond donors (Lipinski definition) is 0. The zero-order valence-electron chi connectivity index (χ0n) is 9.65. The molecular weight excluding hydrogens is 156 g/mol. The molecule has 13 heavy (non-hydrogen) atoms. The molecule has 0 aromatic heterocycles. The van der Waals surface area contributed by atoms with Crippen molar-refractivity contribution in [2.75, 3.05) is 0 Å². The van der Waals surface area contributed by atoms with Gasteiger partial charge in [0.1, 0.15) is 0 Å². The van der Waals surface area contributed by atoms with Crippen LogP contribution in [-0.2, 0) is 0 Å². The molecule has 0 fully saturated rings. The van der Waals surface area contributed by atoms with Gasteiger partial charge in [-0.3, -0.25) is 0 Å². The van der Waals surface area contributed by atoms with Crippen molar-refractivity contribution in [3.8, 4) is 0 Å². The van der Waals surface area contributed by atoms with Crippen LogP contribution in [0.1, 0.15) is 71.6 Å². The lowest BCUT2D eigenvalue weighted by atomic mass is 9.97. The van der Waals surface area contributed by atoms with E-state index in [9.17, 15) is 0 Å². The second kappa shape index (κ2) is 10.1. The summed E-state index contributed by atoms with van der Waals surface area (Å²) in [5, 5.41) is 0. The van der Waals surface area contributed by atoms with Gasteiger partial charge in [0.25, 0.3) is 0 Å². The molecule has 0 aliphatic heterocycles. The SMILES string of the molecule is [CH2]C(CCCCC)CCCCCC. The smallest absolute Gasteiger partial charge is 0.0414 e. The number of hydrogen-bond acceptors (Lipinski definition) is 0. The Morgan fingerprint density at radius 1 is 0.769 bits per heavy atom. The van der Waals surface area contributed by atoms with Crippen molar-refractivity contribution in [2.45, 2.75) is 71.6 Å². The summed E-state index contributed by atoms with van der Waals surface area (Å²) < 4.78 is 0. The topological polar surface area (TPSA) is 0 Å². The van der Waals surface area contributed by atoms with Crippen LogP contribution >= 0.6 is 0 Å². The normalized spacial score (nSPS) is 13.2. The molecule has 0 spiro atoms. The van der Waals surface area contributed by atoms with Crippen molar-refractivity contribution in [1.82, 2.24) is 0 Å². The van der Waals surface area contributed by atoms with Crippen LogP contribution in [0.15, 0.2) is 0 Å². The van der Waals surface area contributed by atoms with Crippen molar-refractivity contribution >= 4 is 0 Å². The third-order valence-electron chi connectivity index (χ3n) is 2.68. The molecule has 0 aromatic rings. The molecule has 0 saturated heterocycles. The fourth-order valence-electron chi connectivity index (χ4n) is 1.69. The third kappa shape index (κ3) is 9.92. The summed E-state index contributed by atoms with van der Waals surface area (Å²) in [6.07, 6.45) is 12.4. The van der Waals surface area contributed by atoms with Crippen molar-refractivity contribution < 1.29 is 0 Å². The summed E-state index contributed by atoms with van der Waals surface area (Å²) in [7, 11) is 0. The highest BCUT2D eigenvalue weighted by molar-refractivity contribution is 4.61. The minimum Gasteiger partial charge on any atom is -0.0654 e. The fraction of sp³-hybridized carbons (Fsp3) is 0.923. The van der Waals surface area contributed by atoms with Crippen LogP contribution in [0.25, 0.3) is 0 Å². The molecule has 1 radical (unpaired) electrons. The Balaban J connectivity index is 3.05. The molecule has 0 nitrogen and oxygen atoms in total. The van der Waals surface area contributed by atoms with Gasteiger partial charge in [-0.05, 0) is 5.92 Å². The van der Waals surface area contributed by atoms with Crippen LogP contribution in [0.4, 0.5) is 0 Å². The Morgan fingerprint density at radius 2 is 1.23 bits per heavy atom. The Labute approximate surface area is 85.1 Å². The Hall–Kier alpha value is 0. The minimum absolute atomic E-state index is 0.725. The van der Waals surface area contributed by atoms with E-state index in [2.05, 4.69) is 20.8 Å². The summed E-state index contributed by atoms with van der Waals surface area (Å²) in [5.41, 5.74) is 0. The highest BCUT2D eigenvalue weighted by Crippen LogP contribution is 2.16. The highest BCUT2D eigenvalue weighted by Gasteiger charge is 2.00. The third-order valence-corrected chi connectivity index (χ3v) is 2.68. The number of rotatable bonds is 9. The molecule has 0 aliphatic rings. The Kier molecular flexibility index (Phi) is 10.1. The molecule has 0 aliphatic carbocycles. The summed E-state index contributed by atoms with van der Waals surface area (Å²) >= 11 is 0. The molecule has 1 atom stereocenters. The van der Waals surface area contributed by atoms with E-state index in [1.165, 1.54) is 57.8 Å². The first-order chi connectivity index (χ1) is 6.31. The van der Waals surface area contributed by atoms with Crippen LogP contribution in [0.2, 0.25) is 0 Å². The molecular formula is C13H27. The van der Waals surface area contributed by atoms with Crippen LogP contribution in [-0.4, -0.2) is 0 Å². The second-order valence-electron chi connectivity index (χ2n) is 4.21. The average Bonchev–Trinajstić information content (AvgIpc) is 2.13. The predicted molar refractivity (Wildman–Crippen MR) is 61.7 cm³/mol.